The molecule has 0 fully saturated rings. The van der Waals surface area contributed by atoms with Crippen molar-refractivity contribution in [3.05, 3.63) is 35.4 Å². The van der Waals surface area contributed by atoms with E-state index in [-0.39, 0.29) is 5.75 Å². The summed E-state index contributed by atoms with van der Waals surface area (Å²) >= 11 is 5.66. The van der Waals surface area contributed by atoms with Crippen molar-refractivity contribution < 1.29 is 8.42 Å². The minimum atomic E-state index is -3.12. The van der Waals surface area contributed by atoms with Gasteiger partial charge in [-0.05, 0) is 17.5 Å². The number of rotatable bonds is 6. The molecule has 0 amide bonds. The highest BCUT2D eigenvalue weighted by Crippen LogP contribution is 2.07. The van der Waals surface area contributed by atoms with E-state index < -0.39 is 10.0 Å². The number of halogens is 1. The Balaban J connectivity index is 2.54. The van der Waals surface area contributed by atoms with Gasteiger partial charge in [0.25, 0.3) is 0 Å². The summed E-state index contributed by atoms with van der Waals surface area (Å²) in [6.07, 6.45) is 0.626. The van der Waals surface area contributed by atoms with Crippen molar-refractivity contribution >= 4 is 21.6 Å². The van der Waals surface area contributed by atoms with Gasteiger partial charge in [-0.25, -0.2) is 13.1 Å². The predicted molar refractivity (Wildman–Crippen MR) is 66.9 cm³/mol. The first-order chi connectivity index (χ1) is 7.57. The number of hydrogen-bond donors (Lipinski definition) is 1. The summed E-state index contributed by atoms with van der Waals surface area (Å²) in [7, 11) is -3.12. The minimum absolute atomic E-state index is 0.173. The first kappa shape index (κ1) is 13.5. The van der Waals surface area contributed by atoms with E-state index in [1.165, 1.54) is 0 Å². The molecule has 0 aliphatic heterocycles. The summed E-state index contributed by atoms with van der Waals surface area (Å²) in [5.74, 6) is 0.647. The molecule has 3 nitrogen and oxygen atoms in total. The topological polar surface area (TPSA) is 46.2 Å². The van der Waals surface area contributed by atoms with Crippen LogP contribution in [0.2, 0.25) is 0 Å². The average Bonchev–Trinajstić information content (AvgIpc) is 2.27. The van der Waals surface area contributed by atoms with Crippen molar-refractivity contribution in [1.29, 1.82) is 0 Å². The normalized spacial score (nSPS) is 11.6. The van der Waals surface area contributed by atoms with E-state index in [1.54, 1.807) is 0 Å². The molecule has 0 aromatic heterocycles. The third-order valence-electron chi connectivity index (χ3n) is 2.15. The van der Waals surface area contributed by atoms with Gasteiger partial charge in [-0.2, -0.15) is 0 Å². The Labute approximate surface area is 102 Å². The Bertz CT molecular complexity index is 414. The molecule has 0 aliphatic rings. The van der Waals surface area contributed by atoms with Crippen LogP contribution in [0.4, 0.5) is 0 Å². The molecular formula is C11H16ClNO2S. The number of alkyl halides is 1. The average molecular weight is 262 g/mol. The first-order valence-electron chi connectivity index (χ1n) is 5.18. The van der Waals surface area contributed by atoms with Crippen molar-refractivity contribution in [3.63, 3.8) is 0 Å². The van der Waals surface area contributed by atoms with Gasteiger partial charge in [0.15, 0.2) is 0 Å². The molecule has 0 spiro atoms. The van der Waals surface area contributed by atoms with Gasteiger partial charge < -0.3 is 0 Å². The Morgan fingerprint density at radius 1 is 1.19 bits per heavy atom. The van der Waals surface area contributed by atoms with E-state index in [4.69, 9.17) is 11.6 Å². The van der Waals surface area contributed by atoms with E-state index in [0.29, 0.717) is 18.8 Å². The maximum Gasteiger partial charge on any atom is 0.211 e. The smallest absolute Gasteiger partial charge is 0.211 e. The third kappa shape index (κ3) is 4.51. The van der Waals surface area contributed by atoms with Crippen molar-refractivity contribution in [1.82, 2.24) is 4.72 Å². The number of benzene rings is 1. The summed E-state index contributed by atoms with van der Waals surface area (Å²) in [6, 6.07) is 7.56. The highest BCUT2D eigenvalue weighted by Gasteiger charge is 2.07. The van der Waals surface area contributed by atoms with Gasteiger partial charge in [0.05, 0.1) is 5.75 Å². The molecule has 1 rings (SSSR count). The quantitative estimate of drug-likeness (QED) is 0.799. The minimum Gasteiger partial charge on any atom is -0.212 e. The lowest BCUT2D eigenvalue weighted by Gasteiger charge is -2.05. The summed E-state index contributed by atoms with van der Waals surface area (Å²) in [6.45, 7) is 2.18. The lowest BCUT2D eigenvalue weighted by atomic mass is 10.1. The van der Waals surface area contributed by atoms with Crippen LogP contribution in [0.3, 0.4) is 0 Å². The zero-order valence-corrected chi connectivity index (χ0v) is 10.8. The van der Waals surface area contributed by atoms with Gasteiger partial charge >= 0.3 is 0 Å². The Morgan fingerprint density at radius 3 is 2.25 bits per heavy atom. The first-order valence-corrected chi connectivity index (χ1v) is 7.37. The zero-order valence-electron chi connectivity index (χ0n) is 9.24. The van der Waals surface area contributed by atoms with Crippen LogP contribution in [0.25, 0.3) is 0 Å². The van der Waals surface area contributed by atoms with E-state index in [0.717, 1.165) is 11.1 Å². The molecule has 0 saturated carbocycles. The maximum absolute atomic E-state index is 11.4. The molecular weight excluding hydrogens is 246 g/mol. The van der Waals surface area contributed by atoms with Gasteiger partial charge in [0.1, 0.15) is 0 Å². The summed E-state index contributed by atoms with van der Waals surface area (Å²) in [5.41, 5.74) is 1.97. The second-order valence-electron chi connectivity index (χ2n) is 3.59. The van der Waals surface area contributed by atoms with E-state index in [9.17, 15) is 8.42 Å². The highest BCUT2D eigenvalue weighted by atomic mass is 35.5. The molecule has 0 unspecified atom stereocenters. The largest absolute Gasteiger partial charge is 0.212 e. The van der Waals surface area contributed by atoms with Crippen LogP contribution in [0.5, 0.6) is 0 Å². The fourth-order valence-electron chi connectivity index (χ4n) is 1.28. The molecule has 90 valence electrons. The highest BCUT2D eigenvalue weighted by molar-refractivity contribution is 7.89. The number of sulfonamides is 1. The van der Waals surface area contributed by atoms with Crippen LogP contribution in [0, 0.1) is 0 Å². The third-order valence-corrected chi connectivity index (χ3v) is 3.98. The lowest BCUT2D eigenvalue weighted by molar-refractivity contribution is 0.580. The van der Waals surface area contributed by atoms with E-state index in [2.05, 4.69) is 4.72 Å². The maximum atomic E-state index is 11.4. The van der Waals surface area contributed by atoms with Crippen LogP contribution < -0.4 is 4.72 Å². The lowest BCUT2D eigenvalue weighted by Crippen LogP contribution is -2.25. The number of hydrogen-bond acceptors (Lipinski definition) is 2. The standard InChI is InChI=1S/C11H16ClNO2S/c1-2-7-16(14,15)13-9-11-5-3-10(8-12)4-6-11/h3-6,13H,2,7-9H2,1H3. The monoisotopic (exact) mass is 261 g/mol. The molecule has 0 bridgehead atoms. The molecule has 0 heterocycles. The Morgan fingerprint density at radius 2 is 1.75 bits per heavy atom. The second-order valence-corrected chi connectivity index (χ2v) is 5.78. The molecule has 1 aromatic rings. The summed E-state index contributed by atoms with van der Waals surface area (Å²) in [4.78, 5) is 0. The second kappa shape index (κ2) is 6.23. The van der Waals surface area contributed by atoms with Crippen molar-refractivity contribution in [2.24, 2.45) is 0 Å². The van der Waals surface area contributed by atoms with E-state index >= 15 is 0 Å². The number of nitrogens with one attached hydrogen (secondary N) is 1. The molecule has 5 heteroatoms. The summed E-state index contributed by atoms with van der Waals surface area (Å²) in [5, 5.41) is 0. The van der Waals surface area contributed by atoms with Gasteiger partial charge in [-0.3, -0.25) is 0 Å². The van der Waals surface area contributed by atoms with Crippen LogP contribution in [0.1, 0.15) is 24.5 Å². The van der Waals surface area contributed by atoms with Crippen LogP contribution >= 0.6 is 11.6 Å². The van der Waals surface area contributed by atoms with Crippen molar-refractivity contribution in [3.8, 4) is 0 Å². The molecule has 0 atom stereocenters. The van der Waals surface area contributed by atoms with Crippen LogP contribution in [0.15, 0.2) is 24.3 Å². The summed E-state index contributed by atoms with van der Waals surface area (Å²) < 4.78 is 25.3. The Kier molecular flexibility index (Phi) is 5.25. The molecule has 0 radical (unpaired) electrons. The molecule has 1 N–H and O–H groups in total. The van der Waals surface area contributed by atoms with Gasteiger partial charge in [-0.15, -0.1) is 11.6 Å². The molecule has 1 aromatic carbocycles. The molecule has 0 aliphatic carbocycles. The fraction of sp³-hybridized carbons (Fsp3) is 0.455. The van der Waals surface area contributed by atoms with Crippen molar-refractivity contribution in [2.75, 3.05) is 5.75 Å². The van der Waals surface area contributed by atoms with Crippen molar-refractivity contribution in [2.45, 2.75) is 25.8 Å². The predicted octanol–water partition coefficient (Wildman–Crippen LogP) is 2.25. The van der Waals surface area contributed by atoms with Gasteiger partial charge in [-0.1, -0.05) is 31.2 Å². The van der Waals surface area contributed by atoms with Crippen LogP contribution in [-0.2, 0) is 22.4 Å². The Hall–Kier alpha value is -0.580. The fourth-order valence-corrected chi connectivity index (χ4v) is 2.53. The molecule has 0 saturated heterocycles. The van der Waals surface area contributed by atoms with Gasteiger partial charge in [0, 0.05) is 12.4 Å². The van der Waals surface area contributed by atoms with E-state index in [1.807, 2.05) is 31.2 Å². The SMILES string of the molecule is CCCS(=O)(=O)NCc1ccc(CCl)cc1. The molecule has 16 heavy (non-hydrogen) atoms. The van der Waals surface area contributed by atoms with Crippen LogP contribution in [-0.4, -0.2) is 14.2 Å². The van der Waals surface area contributed by atoms with Gasteiger partial charge in [0.2, 0.25) is 10.0 Å². The zero-order chi connectivity index (χ0) is 12.0.